The molecule has 0 atom stereocenters. The summed E-state index contributed by atoms with van der Waals surface area (Å²) >= 11 is 0. The predicted octanol–water partition coefficient (Wildman–Crippen LogP) is 4.52. The van der Waals surface area contributed by atoms with Crippen LogP contribution in [0.15, 0.2) is 53.3 Å². The van der Waals surface area contributed by atoms with Gasteiger partial charge < -0.3 is 0 Å². The Morgan fingerprint density at radius 2 is 1.60 bits per heavy atom. The number of ketones is 1. The van der Waals surface area contributed by atoms with Crippen LogP contribution < -0.4 is 5.56 Å². The number of pyridine rings is 1. The molecule has 3 aromatic rings. The Bertz CT molecular complexity index is 1030. The predicted molar refractivity (Wildman–Crippen MR) is 89.3 cm³/mol. The van der Waals surface area contributed by atoms with Gasteiger partial charge in [0.25, 0.3) is 5.56 Å². The molecule has 0 N–H and O–H groups in total. The number of aromatic nitrogens is 1. The minimum Gasteiger partial charge on any atom is -0.294 e. The lowest BCUT2D eigenvalue weighted by atomic mass is 10.0. The first kappa shape index (κ1) is 17.0. The molecule has 2 aromatic carbocycles. The van der Waals surface area contributed by atoms with Gasteiger partial charge in [-0.15, -0.1) is 0 Å². The first-order valence-corrected chi connectivity index (χ1v) is 7.54. The number of hydrogen-bond donors (Lipinski definition) is 0. The molecule has 128 valence electrons. The van der Waals surface area contributed by atoms with Crippen LogP contribution in [-0.2, 0) is 6.18 Å². The summed E-state index contributed by atoms with van der Waals surface area (Å²) in [6, 6.07) is 11.3. The zero-order valence-electron chi connectivity index (χ0n) is 13.5. The molecule has 6 heteroatoms. The van der Waals surface area contributed by atoms with Crippen LogP contribution in [0.25, 0.3) is 16.6 Å². The van der Waals surface area contributed by atoms with Crippen LogP contribution in [0.4, 0.5) is 13.2 Å². The van der Waals surface area contributed by atoms with E-state index in [0.717, 1.165) is 12.1 Å². The van der Waals surface area contributed by atoms with Gasteiger partial charge in [-0.05, 0) is 49.7 Å². The van der Waals surface area contributed by atoms with E-state index in [-0.39, 0.29) is 17.0 Å². The van der Waals surface area contributed by atoms with Crippen LogP contribution >= 0.6 is 0 Å². The van der Waals surface area contributed by atoms with Crippen LogP contribution in [0, 0.1) is 6.92 Å². The van der Waals surface area contributed by atoms with Crippen LogP contribution in [0.1, 0.15) is 28.4 Å². The monoisotopic (exact) mass is 345 g/mol. The fourth-order valence-electron chi connectivity index (χ4n) is 2.97. The molecule has 0 saturated heterocycles. The van der Waals surface area contributed by atoms with E-state index < -0.39 is 17.3 Å². The average molecular weight is 345 g/mol. The number of Topliss-reactive ketones (excluding diaryl/α,β-unsaturated/α-hetero) is 1. The third-order valence-corrected chi connectivity index (χ3v) is 4.15. The molecule has 0 aliphatic rings. The highest BCUT2D eigenvalue weighted by molar-refractivity contribution is 6.00. The van der Waals surface area contributed by atoms with Crippen molar-refractivity contribution in [1.29, 1.82) is 0 Å². The summed E-state index contributed by atoms with van der Waals surface area (Å²) in [5, 5.41) is 0.701. The number of carbonyl (C=O) groups excluding carboxylic acids is 1. The molecule has 1 heterocycles. The van der Waals surface area contributed by atoms with Crippen molar-refractivity contribution in [2.45, 2.75) is 20.0 Å². The van der Waals surface area contributed by atoms with Crippen LogP contribution in [0.5, 0.6) is 0 Å². The molecule has 0 aliphatic carbocycles. The molecule has 0 fully saturated rings. The van der Waals surface area contributed by atoms with Gasteiger partial charge in [-0.1, -0.05) is 18.2 Å². The van der Waals surface area contributed by atoms with Gasteiger partial charge >= 0.3 is 6.18 Å². The first-order valence-electron chi connectivity index (χ1n) is 7.54. The van der Waals surface area contributed by atoms with Crippen molar-refractivity contribution < 1.29 is 18.0 Å². The summed E-state index contributed by atoms with van der Waals surface area (Å²) in [5.74, 6) is -0.381. The SMILES string of the molecule is CC(=O)c1c(C)c2ccccc2n(-c2ccc(C(F)(F)F)cc2)c1=O. The minimum atomic E-state index is -4.45. The average Bonchev–Trinajstić information content (AvgIpc) is 2.54. The van der Waals surface area contributed by atoms with Gasteiger partial charge in [0.2, 0.25) is 0 Å². The normalized spacial score (nSPS) is 11.7. The van der Waals surface area contributed by atoms with Gasteiger partial charge in [0.1, 0.15) is 0 Å². The molecule has 3 nitrogen and oxygen atoms in total. The van der Waals surface area contributed by atoms with E-state index >= 15 is 0 Å². The number of rotatable bonds is 2. The van der Waals surface area contributed by atoms with E-state index in [4.69, 9.17) is 0 Å². The number of halogens is 3. The number of benzene rings is 2. The van der Waals surface area contributed by atoms with E-state index in [1.165, 1.54) is 23.6 Å². The number of alkyl halides is 3. The molecule has 3 rings (SSSR count). The smallest absolute Gasteiger partial charge is 0.294 e. The number of fused-ring (bicyclic) bond motifs is 1. The molecule has 0 radical (unpaired) electrons. The maximum Gasteiger partial charge on any atom is 0.416 e. The number of carbonyl (C=O) groups is 1. The van der Waals surface area contributed by atoms with Crippen LogP contribution in [0.2, 0.25) is 0 Å². The van der Waals surface area contributed by atoms with Crippen LogP contribution in [-0.4, -0.2) is 10.4 Å². The van der Waals surface area contributed by atoms with Gasteiger partial charge in [-0.3, -0.25) is 14.2 Å². The highest BCUT2D eigenvalue weighted by atomic mass is 19.4. The van der Waals surface area contributed by atoms with Crippen molar-refractivity contribution in [2.75, 3.05) is 0 Å². The van der Waals surface area contributed by atoms with E-state index in [0.29, 0.717) is 16.5 Å². The number of nitrogens with zero attached hydrogens (tertiary/aromatic N) is 1. The van der Waals surface area contributed by atoms with E-state index in [2.05, 4.69) is 0 Å². The van der Waals surface area contributed by atoms with Crippen molar-refractivity contribution in [3.63, 3.8) is 0 Å². The molecule has 0 bridgehead atoms. The number of hydrogen-bond acceptors (Lipinski definition) is 2. The van der Waals surface area contributed by atoms with Gasteiger partial charge in [0.15, 0.2) is 5.78 Å². The van der Waals surface area contributed by atoms with Crippen molar-refractivity contribution >= 4 is 16.7 Å². The Kier molecular flexibility index (Phi) is 3.99. The lowest BCUT2D eigenvalue weighted by Crippen LogP contribution is -2.26. The first-order chi connectivity index (χ1) is 11.7. The minimum absolute atomic E-state index is 0.0404. The molecular weight excluding hydrogens is 331 g/mol. The largest absolute Gasteiger partial charge is 0.416 e. The summed E-state index contributed by atoms with van der Waals surface area (Å²) in [7, 11) is 0. The van der Waals surface area contributed by atoms with E-state index in [1.807, 2.05) is 0 Å². The van der Waals surface area contributed by atoms with Crippen LogP contribution in [0.3, 0.4) is 0 Å². The number of aryl methyl sites for hydroxylation is 1. The molecule has 0 saturated carbocycles. The van der Waals surface area contributed by atoms with Gasteiger partial charge in [-0.25, -0.2) is 0 Å². The van der Waals surface area contributed by atoms with Gasteiger partial charge in [0, 0.05) is 11.1 Å². The van der Waals surface area contributed by atoms with Crippen molar-refractivity contribution in [1.82, 2.24) is 4.57 Å². The second-order valence-electron chi connectivity index (χ2n) is 5.76. The molecule has 25 heavy (non-hydrogen) atoms. The fourth-order valence-corrected chi connectivity index (χ4v) is 2.97. The summed E-state index contributed by atoms with van der Waals surface area (Å²) in [6.07, 6.45) is -4.45. The van der Waals surface area contributed by atoms with Crippen molar-refractivity contribution in [3.8, 4) is 5.69 Å². The Balaban J connectivity index is 2.36. The van der Waals surface area contributed by atoms with Gasteiger partial charge in [0.05, 0.1) is 16.6 Å². The number of para-hydroxylation sites is 1. The molecule has 0 aliphatic heterocycles. The third kappa shape index (κ3) is 2.84. The molecule has 1 aromatic heterocycles. The Hall–Kier alpha value is -2.89. The maximum atomic E-state index is 12.8. The fraction of sp³-hybridized carbons (Fsp3) is 0.158. The summed E-state index contributed by atoms with van der Waals surface area (Å²) in [5.41, 5.74) is 0.0808. The zero-order chi connectivity index (χ0) is 18.4. The van der Waals surface area contributed by atoms with Gasteiger partial charge in [-0.2, -0.15) is 13.2 Å². The third-order valence-electron chi connectivity index (χ3n) is 4.15. The second-order valence-corrected chi connectivity index (χ2v) is 5.76. The standard InChI is InChI=1S/C19H14F3NO2/c1-11-15-5-3-4-6-16(15)23(18(25)17(11)12(2)24)14-9-7-13(8-10-14)19(20,21)22/h3-10H,1-2H3. The Morgan fingerprint density at radius 3 is 2.16 bits per heavy atom. The maximum absolute atomic E-state index is 12.8. The molecule has 0 amide bonds. The summed E-state index contributed by atoms with van der Waals surface area (Å²) in [6.45, 7) is 2.99. The molecule has 0 unspecified atom stereocenters. The summed E-state index contributed by atoms with van der Waals surface area (Å²) < 4.78 is 39.6. The van der Waals surface area contributed by atoms with E-state index in [9.17, 15) is 22.8 Å². The topological polar surface area (TPSA) is 39.1 Å². The highest BCUT2D eigenvalue weighted by Crippen LogP contribution is 2.30. The Labute approximate surface area is 141 Å². The lowest BCUT2D eigenvalue weighted by molar-refractivity contribution is -0.137. The van der Waals surface area contributed by atoms with E-state index in [1.54, 1.807) is 31.2 Å². The highest BCUT2D eigenvalue weighted by Gasteiger charge is 2.30. The second kappa shape index (κ2) is 5.88. The summed E-state index contributed by atoms with van der Waals surface area (Å²) in [4.78, 5) is 24.8. The lowest BCUT2D eigenvalue weighted by Gasteiger charge is -2.15. The van der Waals surface area contributed by atoms with Crippen molar-refractivity contribution in [2.24, 2.45) is 0 Å². The molecular formula is C19H14F3NO2. The molecule has 0 spiro atoms. The van der Waals surface area contributed by atoms with Crippen molar-refractivity contribution in [3.05, 3.63) is 75.6 Å². The quantitative estimate of drug-likeness (QED) is 0.641. The zero-order valence-corrected chi connectivity index (χ0v) is 13.5. The Morgan fingerprint density at radius 1 is 1.00 bits per heavy atom.